The molecule has 0 saturated carbocycles. The molecular weight excluding hydrogens is 208 g/mol. The molecule has 1 N–H and O–H groups in total. The van der Waals surface area contributed by atoms with Crippen LogP contribution in [0.4, 0.5) is 5.69 Å². The molecular formula is C11H14N2OS. The predicted octanol–water partition coefficient (Wildman–Crippen LogP) is 2.35. The fraction of sp³-hybridized carbons (Fsp3) is 0.364. The number of methoxy groups -OCH3 is 1. The number of hydrogen-bond donors (Lipinski definition) is 1. The van der Waals surface area contributed by atoms with Gasteiger partial charge in [0, 0.05) is 24.1 Å². The van der Waals surface area contributed by atoms with Crippen molar-refractivity contribution in [3.8, 4) is 0 Å². The third-order valence-corrected chi connectivity index (χ3v) is 3.04. The van der Waals surface area contributed by atoms with Gasteiger partial charge in [0.1, 0.15) is 0 Å². The first-order valence-corrected chi connectivity index (χ1v) is 5.90. The minimum Gasteiger partial charge on any atom is -0.380 e. The lowest BCUT2D eigenvalue weighted by Crippen LogP contribution is -2.07. The fourth-order valence-corrected chi connectivity index (χ4v) is 2.19. The van der Waals surface area contributed by atoms with E-state index in [1.807, 2.05) is 12.1 Å². The number of ether oxygens (including phenoxy) is 1. The van der Waals surface area contributed by atoms with Crippen LogP contribution in [-0.4, -0.2) is 24.6 Å². The Morgan fingerprint density at radius 1 is 1.47 bits per heavy atom. The second-order valence-electron chi connectivity index (χ2n) is 3.25. The Balaban J connectivity index is 2.12. The van der Waals surface area contributed by atoms with Crippen LogP contribution < -0.4 is 5.32 Å². The molecule has 1 aliphatic heterocycles. The van der Waals surface area contributed by atoms with E-state index in [9.17, 15) is 0 Å². The van der Waals surface area contributed by atoms with Crippen molar-refractivity contribution in [1.82, 2.24) is 0 Å². The Labute approximate surface area is 93.9 Å². The number of nitrogens with zero attached hydrogens (tertiary/aromatic N) is 1. The van der Waals surface area contributed by atoms with Gasteiger partial charge in [-0.15, -0.1) is 0 Å². The van der Waals surface area contributed by atoms with E-state index in [1.54, 1.807) is 18.9 Å². The Morgan fingerprint density at radius 2 is 2.33 bits per heavy atom. The molecule has 0 aromatic heterocycles. The lowest BCUT2D eigenvalue weighted by molar-refractivity contribution is 0.185. The maximum atomic E-state index is 5.15. The topological polar surface area (TPSA) is 33.6 Å². The Hall–Kier alpha value is -1.000. The van der Waals surface area contributed by atoms with Crippen LogP contribution in [0, 0.1) is 0 Å². The second-order valence-corrected chi connectivity index (χ2v) is 4.33. The molecule has 4 heteroatoms. The number of nitrogens with one attached hydrogen (secondary N) is 1. The molecule has 0 unspecified atom stereocenters. The molecule has 1 aromatic rings. The monoisotopic (exact) mass is 222 g/mol. The van der Waals surface area contributed by atoms with Crippen molar-refractivity contribution in [2.45, 2.75) is 6.61 Å². The third kappa shape index (κ3) is 2.73. The van der Waals surface area contributed by atoms with E-state index in [1.165, 1.54) is 0 Å². The number of anilines is 1. The van der Waals surface area contributed by atoms with E-state index in [-0.39, 0.29) is 0 Å². The fourth-order valence-electron chi connectivity index (χ4n) is 1.45. The molecule has 0 spiro atoms. The highest BCUT2D eigenvalue weighted by molar-refractivity contribution is 8.14. The maximum Gasteiger partial charge on any atom is 0.161 e. The zero-order chi connectivity index (χ0) is 10.5. The summed E-state index contributed by atoms with van der Waals surface area (Å²) in [5, 5.41) is 4.34. The van der Waals surface area contributed by atoms with E-state index in [0.717, 1.165) is 28.7 Å². The SMILES string of the molecule is COCc1ccccc1NC1=NCCS1. The van der Waals surface area contributed by atoms with Gasteiger partial charge in [0.15, 0.2) is 5.17 Å². The van der Waals surface area contributed by atoms with Crippen LogP contribution in [0.5, 0.6) is 0 Å². The average Bonchev–Trinajstić information content (AvgIpc) is 2.74. The molecule has 0 aliphatic carbocycles. The van der Waals surface area contributed by atoms with Gasteiger partial charge in [0.05, 0.1) is 13.2 Å². The normalized spacial score (nSPS) is 15.1. The Bertz CT molecular complexity index is 365. The molecule has 15 heavy (non-hydrogen) atoms. The third-order valence-electron chi connectivity index (χ3n) is 2.14. The number of hydrogen-bond acceptors (Lipinski definition) is 4. The van der Waals surface area contributed by atoms with Crippen LogP contribution in [0.2, 0.25) is 0 Å². The largest absolute Gasteiger partial charge is 0.380 e. The van der Waals surface area contributed by atoms with E-state index in [2.05, 4.69) is 22.4 Å². The molecule has 2 rings (SSSR count). The smallest absolute Gasteiger partial charge is 0.161 e. The van der Waals surface area contributed by atoms with Gasteiger partial charge in [0.2, 0.25) is 0 Å². The van der Waals surface area contributed by atoms with Crippen molar-refractivity contribution in [1.29, 1.82) is 0 Å². The number of rotatable bonds is 3. The van der Waals surface area contributed by atoms with Crippen LogP contribution in [0.25, 0.3) is 0 Å². The summed E-state index contributed by atoms with van der Waals surface area (Å²) in [4.78, 5) is 4.36. The van der Waals surface area contributed by atoms with Crippen LogP contribution in [0.3, 0.4) is 0 Å². The van der Waals surface area contributed by atoms with Crippen molar-refractivity contribution in [2.75, 3.05) is 24.7 Å². The lowest BCUT2D eigenvalue weighted by atomic mass is 10.2. The number of benzene rings is 1. The number of thioether (sulfide) groups is 1. The number of amidine groups is 1. The van der Waals surface area contributed by atoms with Gasteiger partial charge in [-0.1, -0.05) is 30.0 Å². The van der Waals surface area contributed by atoms with Crippen molar-refractivity contribution in [3.05, 3.63) is 29.8 Å². The molecule has 80 valence electrons. The van der Waals surface area contributed by atoms with Crippen LogP contribution in [-0.2, 0) is 11.3 Å². The minimum absolute atomic E-state index is 0.626. The van der Waals surface area contributed by atoms with Crippen molar-refractivity contribution in [3.63, 3.8) is 0 Å². The quantitative estimate of drug-likeness (QED) is 0.852. The highest BCUT2D eigenvalue weighted by Gasteiger charge is 2.08. The first kappa shape index (κ1) is 10.5. The van der Waals surface area contributed by atoms with Gasteiger partial charge in [-0.05, 0) is 6.07 Å². The zero-order valence-electron chi connectivity index (χ0n) is 8.69. The van der Waals surface area contributed by atoms with Crippen LogP contribution >= 0.6 is 11.8 Å². The van der Waals surface area contributed by atoms with E-state index < -0.39 is 0 Å². The highest BCUT2D eigenvalue weighted by Crippen LogP contribution is 2.20. The summed E-state index contributed by atoms with van der Waals surface area (Å²) in [6.45, 7) is 1.54. The van der Waals surface area contributed by atoms with E-state index in [4.69, 9.17) is 4.74 Å². The Morgan fingerprint density at radius 3 is 3.07 bits per heavy atom. The van der Waals surface area contributed by atoms with Gasteiger partial charge in [-0.3, -0.25) is 4.99 Å². The van der Waals surface area contributed by atoms with Gasteiger partial charge < -0.3 is 10.1 Å². The van der Waals surface area contributed by atoms with Gasteiger partial charge in [0.25, 0.3) is 0 Å². The van der Waals surface area contributed by atoms with Crippen molar-refractivity contribution < 1.29 is 4.74 Å². The van der Waals surface area contributed by atoms with Crippen LogP contribution in [0.15, 0.2) is 29.3 Å². The van der Waals surface area contributed by atoms with Crippen molar-refractivity contribution in [2.24, 2.45) is 4.99 Å². The maximum absolute atomic E-state index is 5.15. The molecule has 3 nitrogen and oxygen atoms in total. The summed E-state index contributed by atoms with van der Waals surface area (Å²) in [6.07, 6.45) is 0. The first-order valence-electron chi connectivity index (χ1n) is 4.91. The first-order chi connectivity index (χ1) is 7.40. The molecule has 0 bridgehead atoms. The molecule has 1 aliphatic rings. The molecule has 0 radical (unpaired) electrons. The molecule has 0 atom stereocenters. The predicted molar refractivity (Wildman–Crippen MR) is 65.5 cm³/mol. The van der Waals surface area contributed by atoms with E-state index in [0.29, 0.717) is 6.61 Å². The molecule has 1 heterocycles. The summed E-state index contributed by atoms with van der Waals surface area (Å²) in [5.41, 5.74) is 2.25. The molecule has 0 saturated heterocycles. The van der Waals surface area contributed by atoms with Gasteiger partial charge in [-0.25, -0.2) is 0 Å². The van der Waals surface area contributed by atoms with Crippen molar-refractivity contribution >= 4 is 22.6 Å². The summed E-state index contributed by atoms with van der Waals surface area (Å²) in [7, 11) is 1.71. The van der Waals surface area contributed by atoms with E-state index >= 15 is 0 Å². The Kier molecular flexibility index (Phi) is 3.64. The average molecular weight is 222 g/mol. The molecule has 1 aromatic carbocycles. The standard InChI is InChI=1S/C11H14N2OS/c1-14-8-9-4-2-3-5-10(9)13-11-12-6-7-15-11/h2-5H,6-8H2,1H3,(H,12,13). The van der Waals surface area contributed by atoms with Gasteiger partial charge in [-0.2, -0.15) is 0 Å². The summed E-state index contributed by atoms with van der Waals surface area (Å²) in [5.74, 6) is 1.08. The lowest BCUT2D eigenvalue weighted by Gasteiger charge is -2.10. The second kappa shape index (κ2) is 5.19. The zero-order valence-corrected chi connectivity index (χ0v) is 9.51. The highest BCUT2D eigenvalue weighted by atomic mass is 32.2. The number of para-hydroxylation sites is 1. The van der Waals surface area contributed by atoms with Crippen LogP contribution in [0.1, 0.15) is 5.56 Å². The van der Waals surface area contributed by atoms with Gasteiger partial charge >= 0.3 is 0 Å². The minimum atomic E-state index is 0.626. The summed E-state index contributed by atoms with van der Waals surface area (Å²) < 4.78 is 5.15. The molecule has 0 fully saturated rings. The number of aliphatic imine (C=N–C) groups is 1. The molecule has 0 amide bonds. The summed E-state index contributed by atoms with van der Waals surface area (Å²) >= 11 is 1.76. The summed E-state index contributed by atoms with van der Waals surface area (Å²) in [6, 6.07) is 8.15.